The molecule has 294 valence electrons. The average Bonchev–Trinajstić information content (AvgIpc) is 3.61. The maximum atomic E-state index is 13.7. The molecule has 3 aromatic rings. The summed E-state index contributed by atoms with van der Waals surface area (Å²) >= 11 is 6.30. The van der Waals surface area contributed by atoms with E-state index in [2.05, 4.69) is 20.3 Å². The van der Waals surface area contributed by atoms with E-state index >= 15 is 0 Å². The van der Waals surface area contributed by atoms with Gasteiger partial charge in [-0.3, -0.25) is 19.5 Å². The Hall–Kier alpha value is -5.07. The number of anilines is 2. The molecule has 4 rings (SSSR count). The van der Waals surface area contributed by atoms with E-state index in [4.69, 9.17) is 50.5 Å². The highest BCUT2D eigenvalue weighted by molar-refractivity contribution is 6.28. The zero-order chi connectivity index (χ0) is 40.0. The van der Waals surface area contributed by atoms with Crippen molar-refractivity contribution in [2.24, 2.45) is 0 Å². The first-order valence-electron chi connectivity index (χ1n) is 17.1. The number of aromatic nitrogens is 4. The molecule has 3 heterocycles. The quantitative estimate of drug-likeness (QED) is 0.0772. The standard InChI is InChI=1S/C35H45ClN6O12/c1-9-34(53-20(5)44)23(17-50-35(29(45)48-10-2,30(46)49-11-3)16-21-12-14-22(37)15-13-21)52-28(25(34)51-19(4)43)42-18-38-24-26(39-31(36)41-27(24)42)40-32(47)54-33(6,7)8/h12-15,18,23,25,28H,9-11,16-17,37H2,1-8H3,(H,39,40,41,47)/t23-,25+,28-,34-/m1/s1. The van der Waals surface area contributed by atoms with E-state index in [1.54, 1.807) is 65.8 Å². The van der Waals surface area contributed by atoms with Crippen molar-refractivity contribution in [2.45, 2.75) is 103 Å². The van der Waals surface area contributed by atoms with Gasteiger partial charge < -0.3 is 38.9 Å². The fourth-order valence-corrected chi connectivity index (χ4v) is 6.16. The fraction of sp³-hybridized carbons (Fsp3) is 0.543. The Morgan fingerprint density at radius 2 is 1.61 bits per heavy atom. The lowest BCUT2D eigenvalue weighted by molar-refractivity contribution is -0.205. The normalized spacial score (nSPS) is 19.9. The Morgan fingerprint density at radius 3 is 2.15 bits per heavy atom. The van der Waals surface area contributed by atoms with Gasteiger partial charge >= 0.3 is 30.0 Å². The molecular weight excluding hydrogens is 732 g/mol. The van der Waals surface area contributed by atoms with Gasteiger partial charge in [-0.2, -0.15) is 9.97 Å². The summed E-state index contributed by atoms with van der Waals surface area (Å²) in [7, 11) is 0. The molecule has 1 amide bonds. The maximum Gasteiger partial charge on any atom is 0.413 e. The third-order valence-electron chi connectivity index (χ3n) is 8.18. The number of benzene rings is 1. The number of hydrogen-bond donors (Lipinski definition) is 2. The minimum absolute atomic E-state index is 0.0212. The van der Waals surface area contributed by atoms with Crippen LogP contribution in [0.3, 0.4) is 0 Å². The van der Waals surface area contributed by atoms with Crippen LogP contribution in [0, 0.1) is 0 Å². The van der Waals surface area contributed by atoms with Crippen molar-refractivity contribution >= 4 is 64.2 Å². The van der Waals surface area contributed by atoms with Crippen molar-refractivity contribution in [3.63, 3.8) is 0 Å². The molecule has 54 heavy (non-hydrogen) atoms. The predicted molar refractivity (Wildman–Crippen MR) is 191 cm³/mol. The van der Waals surface area contributed by atoms with Gasteiger partial charge in [0.15, 0.2) is 34.9 Å². The second-order valence-electron chi connectivity index (χ2n) is 13.2. The van der Waals surface area contributed by atoms with E-state index in [0.717, 1.165) is 13.8 Å². The molecule has 3 N–H and O–H groups in total. The molecule has 0 unspecified atom stereocenters. The number of nitrogen functional groups attached to an aromatic ring is 1. The van der Waals surface area contributed by atoms with Gasteiger partial charge in [-0.1, -0.05) is 19.1 Å². The van der Waals surface area contributed by atoms with Crippen LogP contribution in [0.5, 0.6) is 0 Å². The second kappa shape index (κ2) is 16.9. The van der Waals surface area contributed by atoms with Gasteiger partial charge in [-0.15, -0.1) is 0 Å². The van der Waals surface area contributed by atoms with E-state index in [-0.39, 0.29) is 48.3 Å². The summed E-state index contributed by atoms with van der Waals surface area (Å²) in [5, 5.41) is 2.21. The SMILES string of the molecule is CCOC(=O)C(Cc1ccc(N)cc1)(OC[C@H]1O[C@@H](n2cnc3c(NC(=O)OC(C)(C)C)nc(Cl)nc32)[C@H](OC(C)=O)[C@]1(CC)OC(C)=O)C(=O)OCC. The third kappa shape index (κ3) is 9.17. The number of nitrogens with one attached hydrogen (secondary N) is 1. The van der Waals surface area contributed by atoms with Gasteiger partial charge in [0.2, 0.25) is 5.28 Å². The zero-order valence-electron chi connectivity index (χ0n) is 31.3. The lowest BCUT2D eigenvalue weighted by Gasteiger charge is -2.37. The summed E-state index contributed by atoms with van der Waals surface area (Å²) in [6.07, 6.45) is -4.00. The minimum Gasteiger partial charge on any atom is -0.463 e. The number of fused-ring (bicyclic) bond motifs is 1. The van der Waals surface area contributed by atoms with Crippen LogP contribution in [0.15, 0.2) is 30.6 Å². The largest absolute Gasteiger partial charge is 0.463 e. The molecule has 1 fully saturated rings. The highest BCUT2D eigenvalue weighted by Crippen LogP contribution is 2.46. The molecule has 0 bridgehead atoms. The van der Waals surface area contributed by atoms with Crippen LogP contribution in [0.4, 0.5) is 16.3 Å². The topological polar surface area (TPSA) is 232 Å². The molecule has 1 aromatic carbocycles. The first-order chi connectivity index (χ1) is 25.4. The van der Waals surface area contributed by atoms with Crippen molar-refractivity contribution < 1.29 is 57.1 Å². The number of esters is 4. The number of nitrogens with zero attached hydrogens (tertiary/aromatic N) is 4. The Morgan fingerprint density at radius 1 is 0.981 bits per heavy atom. The number of nitrogens with two attached hydrogens (primary N) is 1. The molecule has 0 spiro atoms. The summed E-state index contributed by atoms with van der Waals surface area (Å²) in [6, 6.07) is 6.41. The van der Waals surface area contributed by atoms with Gasteiger partial charge in [0.25, 0.3) is 5.60 Å². The predicted octanol–water partition coefficient (Wildman–Crippen LogP) is 4.07. The van der Waals surface area contributed by atoms with Gasteiger partial charge in [-0.25, -0.2) is 19.4 Å². The summed E-state index contributed by atoms with van der Waals surface area (Å²) in [4.78, 5) is 78.3. The second-order valence-corrected chi connectivity index (χ2v) is 13.6. The Kier molecular flexibility index (Phi) is 13.1. The highest BCUT2D eigenvalue weighted by atomic mass is 35.5. The van der Waals surface area contributed by atoms with Crippen molar-refractivity contribution in [2.75, 3.05) is 30.9 Å². The lowest BCUT2D eigenvalue weighted by atomic mass is 9.88. The number of imidazole rings is 1. The number of halogens is 1. The smallest absolute Gasteiger partial charge is 0.413 e. The van der Waals surface area contributed by atoms with Crippen LogP contribution in [-0.2, 0) is 58.8 Å². The van der Waals surface area contributed by atoms with Crippen LogP contribution in [0.25, 0.3) is 11.2 Å². The molecular formula is C35H45ClN6O12. The van der Waals surface area contributed by atoms with E-state index < -0.39 is 71.8 Å². The third-order valence-corrected chi connectivity index (χ3v) is 8.35. The fourth-order valence-electron chi connectivity index (χ4n) is 6.00. The first-order valence-corrected chi connectivity index (χ1v) is 17.5. The molecule has 0 saturated carbocycles. The monoisotopic (exact) mass is 776 g/mol. The summed E-state index contributed by atoms with van der Waals surface area (Å²) < 4.78 is 41.9. The molecule has 18 nitrogen and oxygen atoms in total. The Labute approximate surface area is 316 Å². The van der Waals surface area contributed by atoms with E-state index in [1.165, 1.54) is 10.9 Å². The van der Waals surface area contributed by atoms with Crippen molar-refractivity contribution in [3.05, 3.63) is 41.4 Å². The molecule has 1 aliphatic heterocycles. The van der Waals surface area contributed by atoms with Crippen LogP contribution < -0.4 is 11.1 Å². The number of amides is 1. The number of rotatable bonds is 14. The maximum absolute atomic E-state index is 13.7. The van der Waals surface area contributed by atoms with Gasteiger partial charge in [0.05, 0.1) is 26.1 Å². The van der Waals surface area contributed by atoms with Gasteiger partial charge in [0, 0.05) is 26.0 Å². The molecule has 1 saturated heterocycles. The number of ether oxygens (including phenoxy) is 7. The number of carbonyl (C=O) groups is 5. The van der Waals surface area contributed by atoms with Crippen molar-refractivity contribution in [1.82, 2.24) is 19.5 Å². The van der Waals surface area contributed by atoms with Crippen LogP contribution in [-0.4, -0.2) is 98.3 Å². The Bertz CT molecular complexity index is 1850. The molecule has 0 radical (unpaired) electrons. The summed E-state index contributed by atoms with van der Waals surface area (Å²) in [6.45, 7) is 11.3. The minimum atomic E-state index is -2.37. The van der Waals surface area contributed by atoms with Crippen molar-refractivity contribution in [3.8, 4) is 0 Å². The summed E-state index contributed by atoms with van der Waals surface area (Å²) in [5.74, 6) is -3.72. The molecule has 4 atom stereocenters. The molecule has 19 heteroatoms. The average molecular weight is 777 g/mol. The van der Waals surface area contributed by atoms with Crippen LogP contribution >= 0.6 is 11.6 Å². The lowest BCUT2D eigenvalue weighted by Crippen LogP contribution is -2.57. The molecule has 0 aliphatic carbocycles. The Balaban J connectivity index is 1.84. The van der Waals surface area contributed by atoms with Crippen LogP contribution in [0.2, 0.25) is 5.28 Å². The van der Waals surface area contributed by atoms with Crippen LogP contribution in [0.1, 0.15) is 73.6 Å². The van der Waals surface area contributed by atoms with Crippen molar-refractivity contribution in [1.29, 1.82) is 0 Å². The highest BCUT2D eigenvalue weighted by Gasteiger charge is 2.63. The number of carbonyl (C=O) groups excluding carboxylic acids is 5. The summed E-state index contributed by atoms with van der Waals surface area (Å²) in [5.41, 5.74) is 1.87. The van der Waals surface area contributed by atoms with E-state index in [1.807, 2.05) is 0 Å². The molecule has 2 aromatic heterocycles. The zero-order valence-corrected chi connectivity index (χ0v) is 32.1. The van der Waals surface area contributed by atoms with Gasteiger partial charge in [0.1, 0.15) is 11.7 Å². The van der Waals surface area contributed by atoms with E-state index in [0.29, 0.717) is 11.3 Å². The van der Waals surface area contributed by atoms with E-state index in [9.17, 15) is 24.0 Å². The number of hydrogen-bond acceptors (Lipinski definition) is 16. The van der Waals surface area contributed by atoms with Gasteiger partial charge in [-0.05, 0) is 70.3 Å². The molecule has 1 aliphatic rings. The first kappa shape index (κ1) is 41.7.